The molecule has 1 heterocycles. The molecule has 0 aliphatic carbocycles. The fourth-order valence-electron chi connectivity index (χ4n) is 2.19. The van der Waals surface area contributed by atoms with Gasteiger partial charge in [-0.3, -0.25) is 9.13 Å². The van der Waals surface area contributed by atoms with Gasteiger partial charge in [0.05, 0.1) is 18.4 Å². The Bertz CT molecular complexity index is 822. The molecule has 21 heavy (non-hydrogen) atoms. The quantitative estimate of drug-likeness (QED) is 0.697. The number of hydrogen-bond acceptors (Lipinski definition) is 2. The van der Waals surface area contributed by atoms with E-state index in [4.69, 9.17) is 0 Å². The summed E-state index contributed by atoms with van der Waals surface area (Å²) in [6, 6.07) is 17.2. The van der Waals surface area contributed by atoms with E-state index < -0.39 is 0 Å². The lowest BCUT2D eigenvalue weighted by atomic mass is 10.2. The number of rotatable bonds is 3. The zero-order chi connectivity index (χ0) is 14.8. The summed E-state index contributed by atoms with van der Waals surface area (Å²) in [5.41, 5.74) is 1.46. The molecule has 3 rings (SSSR count). The molecule has 0 saturated heterocycles. The van der Waals surface area contributed by atoms with E-state index >= 15 is 0 Å². The monoisotopic (exact) mass is 392 g/mol. The summed E-state index contributed by atoms with van der Waals surface area (Å²) >= 11 is 2.19. The van der Waals surface area contributed by atoms with Gasteiger partial charge < -0.3 is 5.11 Å². The average Bonchev–Trinajstić information content (AvgIpc) is 2.76. The zero-order valence-corrected chi connectivity index (χ0v) is 13.3. The summed E-state index contributed by atoms with van der Waals surface area (Å²) in [5.74, 6) is -0.0392. The summed E-state index contributed by atoms with van der Waals surface area (Å²) in [6.45, 7) is 0.350. The summed E-state index contributed by atoms with van der Waals surface area (Å²) < 4.78 is 3.85. The number of benzene rings is 2. The van der Waals surface area contributed by atoms with Gasteiger partial charge in [0.2, 0.25) is 5.88 Å². The Morgan fingerprint density at radius 2 is 1.81 bits per heavy atom. The first-order valence-electron chi connectivity index (χ1n) is 6.46. The van der Waals surface area contributed by atoms with Gasteiger partial charge in [0.15, 0.2) is 0 Å². The highest BCUT2D eigenvalue weighted by atomic mass is 127. The Labute approximate surface area is 135 Å². The number of aromatic nitrogens is 2. The smallest absolute Gasteiger partial charge is 0.335 e. The Balaban J connectivity index is 2.03. The number of imidazole rings is 1. The lowest BCUT2D eigenvalue weighted by Crippen LogP contribution is -2.23. The Morgan fingerprint density at radius 1 is 1.05 bits per heavy atom. The van der Waals surface area contributed by atoms with Crippen molar-refractivity contribution in [3.8, 4) is 11.6 Å². The van der Waals surface area contributed by atoms with Gasteiger partial charge in [-0.1, -0.05) is 36.4 Å². The third kappa shape index (κ3) is 2.87. The van der Waals surface area contributed by atoms with Crippen LogP contribution in [0.2, 0.25) is 0 Å². The molecule has 106 valence electrons. The highest BCUT2D eigenvalue weighted by molar-refractivity contribution is 14.1. The van der Waals surface area contributed by atoms with E-state index in [2.05, 4.69) is 22.6 Å². The maximum atomic E-state index is 12.5. The molecule has 0 fully saturated rings. The van der Waals surface area contributed by atoms with E-state index in [0.29, 0.717) is 6.54 Å². The van der Waals surface area contributed by atoms with E-state index in [0.717, 1.165) is 14.8 Å². The Morgan fingerprint density at radius 3 is 2.52 bits per heavy atom. The first-order chi connectivity index (χ1) is 10.1. The van der Waals surface area contributed by atoms with Crippen molar-refractivity contribution in [1.29, 1.82) is 0 Å². The molecular formula is C16H13IN2O2. The lowest BCUT2D eigenvalue weighted by Gasteiger charge is -2.03. The summed E-state index contributed by atoms with van der Waals surface area (Å²) in [6.07, 6.45) is 1.46. The summed E-state index contributed by atoms with van der Waals surface area (Å²) in [4.78, 5) is 12.5. The molecule has 1 N–H and O–H groups in total. The maximum Gasteiger partial charge on any atom is 0.335 e. The van der Waals surface area contributed by atoms with Crippen LogP contribution in [0.25, 0.3) is 5.69 Å². The van der Waals surface area contributed by atoms with Crippen LogP contribution in [0.15, 0.2) is 65.6 Å². The zero-order valence-electron chi connectivity index (χ0n) is 11.1. The van der Waals surface area contributed by atoms with Gasteiger partial charge in [-0.05, 0) is 46.4 Å². The molecule has 0 aliphatic heterocycles. The second-order valence-electron chi connectivity index (χ2n) is 4.69. The minimum absolute atomic E-state index is 0.0392. The molecule has 0 spiro atoms. The minimum atomic E-state index is -0.252. The molecule has 0 aliphatic rings. The predicted molar refractivity (Wildman–Crippen MR) is 90.0 cm³/mol. The van der Waals surface area contributed by atoms with Gasteiger partial charge in [-0.25, -0.2) is 4.79 Å². The molecule has 0 unspecified atom stereocenters. The second kappa shape index (κ2) is 5.77. The van der Waals surface area contributed by atoms with Gasteiger partial charge in [0.25, 0.3) is 0 Å². The molecule has 0 radical (unpaired) electrons. The van der Waals surface area contributed by atoms with E-state index in [1.165, 1.54) is 15.3 Å². The van der Waals surface area contributed by atoms with Crippen LogP contribution in [0.5, 0.6) is 5.88 Å². The Hall–Kier alpha value is -2.02. The van der Waals surface area contributed by atoms with Crippen molar-refractivity contribution in [2.24, 2.45) is 0 Å². The molecule has 2 aromatic carbocycles. The van der Waals surface area contributed by atoms with Gasteiger partial charge in [0.1, 0.15) is 0 Å². The van der Waals surface area contributed by atoms with Crippen molar-refractivity contribution in [3.05, 3.63) is 80.4 Å². The highest BCUT2D eigenvalue weighted by Crippen LogP contribution is 2.15. The van der Waals surface area contributed by atoms with Crippen LogP contribution in [-0.2, 0) is 6.54 Å². The normalized spacial score (nSPS) is 10.7. The minimum Gasteiger partial charge on any atom is -0.493 e. The number of nitrogens with zero attached hydrogens (tertiary/aromatic N) is 2. The fourth-order valence-corrected chi connectivity index (χ4v) is 2.72. The lowest BCUT2D eigenvalue weighted by molar-refractivity contribution is 0.421. The maximum absolute atomic E-state index is 12.5. The molecule has 0 bridgehead atoms. The third-order valence-electron chi connectivity index (χ3n) is 3.23. The fraction of sp³-hybridized carbons (Fsp3) is 0.0625. The predicted octanol–water partition coefficient (Wildman–Crippen LogP) is 3.00. The molecule has 1 aromatic heterocycles. The Kier molecular flexibility index (Phi) is 3.83. The number of aromatic hydroxyl groups is 1. The van der Waals surface area contributed by atoms with Gasteiger partial charge >= 0.3 is 5.69 Å². The van der Waals surface area contributed by atoms with E-state index in [1.807, 2.05) is 54.6 Å². The van der Waals surface area contributed by atoms with E-state index in [9.17, 15) is 9.90 Å². The summed E-state index contributed by atoms with van der Waals surface area (Å²) in [5, 5.41) is 10.0. The van der Waals surface area contributed by atoms with E-state index in [-0.39, 0.29) is 11.6 Å². The van der Waals surface area contributed by atoms with E-state index in [1.54, 1.807) is 0 Å². The van der Waals surface area contributed by atoms with Crippen LogP contribution in [0.1, 0.15) is 5.56 Å². The van der Waals surface area contributed by atoms with Crippen molar-refractivity contribution in [2.75, 3.05) is 0 Å². The van der Waals surface area contributed by atoms with Crippen molar-refractivity contribution in [3.63, 3.8) is 0 Å². The van der Waals surface area contributed by atoms with Crippen molar-refractivity contribution >= 4 is 22.6 Å². The van der Waals surface area contributed by atoms with Gasteiger partial charge in [-0.15, -0.1) is 0 Å². The molecule has 0 saturated carbocycles. The standard InChI is InChI=1S/C16H13IN2O2/c17-13-7-4-8-14(9-13)18-11-15(20)19(16(18)21)10-12-5-2-1-3-6-12/h1-9,11,20H,10H2. The number of hydrogen-bond donors (Lipinski definition) is 1. The second-order valence-corrected chi connectivity index (χ2v) is 5.94. The SMILES string of the molecule is O=c1n(-c2cccc(I)c2)cc(O)n1Cc1ccccc1. The molecule has 3 aromatic rings. The third-order valence-corrected chi connectivity index (χ3v) is 3.90. The first-order valence-corrected chi connectivity index (χ1v) is 7.54. The number of halogens is 1. The van der Waals surface area contributed by atoms with Gasteiger partial charge in [-0.2, -0.15) is 0 Å². The highest BCUT2D eigenvalue weighted by Gasteiger charge is 2.12. The molecular weight excluding hydrogens is 379 g/mol. The average molecular weight is 392 g/mol. The van der Waals surface area contributed by atoms with Crippen LogP contribution in [-0.4, -0.2) is 14.2 Å². The van der Waals surface area contributed by atoms with Crippen molar-refractivity contribution in [1.82, 2.24) is 9.13 Å². The van der Waals surface area contributed by atoms with Crippen LogP contribution < -0.4 is 5.69 Å². The van der Waals surface area contributed by atoms with Gasteiger partial charge in [0, 0.05) is 3.57 Å². The van der Waals surface area contributed by atoms with Crippen LogP contribution >= 0.6 is 22.6 Å². The summed E-state index contributed by atoms with van der Waals surface area (Å²) in [7, 11) is 0. The molecule has 0 amide bonds. The van der Waals surface area contributed by atoms with Crippen molar-refractivity contribution in [2.45, 2.75) is 6.54 Å². The molecule has 0 atom stereocenters. The van der Waals surface area contributed by atoms with Crippen LogP contribution in [0, 0.1) is 3.57 Å². The first kappa shape index (κ1) is 13.9. The largest absolute Gasteiger partial charge is 0.493 e. The molecule has 4 nitrogen and oxygen atoms in total. The molecule has 5 heteroatoms. The van der Waals surface area contributed by atoms with Crippen LogP contribution in [0.3, 0.4) is 0 Å². The van der Waals surface area contributed by atoms with Crippen LogP contribution in [0.4, 0.5) is 0 Å². The topological polar surface area (TPSA) is 47.2 Å². The van der Waals surface area contributed by atoms with Crippen molar-refractivity contribution < 1.29 is 5.11 Å².